The maximum atomic E-state index is 11.6. The highest BCUT2D eigenvalue weighted by Gasteiger charge is 2.40. The van der Waals surface area contributed by atoms with Gasteiger partial charge in [0.25, 0.3) is 0 Å². The summed E-state index contributed by atoms with van der Waals surface area (Å²) < 4.78 is 0. The van der Waals surface area contributed by atoms with Gasteiger partial charge < -0.3 is 4.79 Å². The van der Waals surface area contributed by atoms with Crippen molar-refractivity contribution >= 4 is 41.1 Å². The van der Waals surface area contributed by atoms with E-state index in [0.29, 0.717) is 6.29 Å². The third-order valence-corrected chi connectivity index (χ3v) is 2.78. The molecule has 15 heavy (non-hydrogen) atoms. The predicted octanol–water partition coefficient (Wildman–Crippen LogP) is 2.19. The van der Waals surface area contributed by atoms with Crippen molar-refractivity contribution in [3.63, 3.8) is 0 Å². The summed E-state index contributed by atoms with van der Waals surface area (Å²) in [5, 5.41) is 0.381. The van der Waals surface area contributed by atoms with Gasteiger partial charge in [-0.15, -0.1) is 0 Å². The highest BCUT2D eigenvalue weighted by atomic mass is 35.5. The Hall–Kier alpha value is -1.19. The summed E-state index contributed by atoms with van der Waals surface area (Å²) in [4.78, 5) is 33.7. The summed E-state index contributed by atoms with van der Waals surface area (Å²) in [5.41, 5.74) is 0.234. The number of halogens is 2. The second-order valence-electron chi connectivity index (χ2n) is 3.15. The minimum Gasteiger partial charge on any atom is -0.302 e. The molecule has 0 N–H and O–H groups in total. The SMILES string of the molecule is O=CC1C(=O)c2cc(Cl)cc(Cl)c2C1=O. The summed E-state index contributed by atoms with van der Waals surface area (Å²) in [7, 11) is 0. The third kappa shape index (κ3) is 1.39. The number of rotatable bonds is 1. The second-order valence-corrected chi connectivity index (χ2v) is 4.00. The Morgan fingerprint density at radius 3 is 2.40 bits per heavy atom. The highest BCUT2D eigenvalue weighted by Crippen LogP contribution is 2.33. The molecule has 1 aliphatic carbocycles. The number of carbonyl (C=O) groups excluding carboxylic acids is 3. The van der Waals surface area contributed by atoms with Crippen LogP contribution >= 0.6 is 23.2 Å². The van der Waals surface area contributed by atoms with Crippen LogP contribution in [-0.2, 0) is 4.79 Å². The molecule has 0 bridgehead atoms. The van der Waals surface area contributed by atoms with Crippen molar-refractivity contribution in [1.82, 2.24) is 0 Å². The Balaban J connectivity index is 2.72. The fourth-order valence-electron chi connectivity index (χ4n) is 1.58. The number of benzene rings is 1. The second kappa shape index (κ2) is 3.43. The van der Waals surface area contributed by atoms with Crippen LogP contribution in [0.15, 0.2) is 12.1 Å². The molecule has 76 valence electrons. The van der Waals surface area contributed by atoms with Crippen LogP contribution in [-0.4, -0.2) is 17.9 Å². The standard InChI is InChI=1S/C10H4Cl2O3/c11-4-1-5-8(7(12)2-4)10(15)6(3-13)9(5)14/h1-3,6H. The summed E-state index contributed by atoms with van der Waals surface area (Å²) in [6.45, 7) is 0. The molecule has 1 unspecified atom stereocenters. The van der Waals surface area contributed by atoms with Crippen LogP contribution in [0.3, 0.4) is 0 Å². The summed E-state index contributed by atoms with van der Waals surface area (Å²) >= 11 is 11.5. The molecule has 5 heteroatoms. The minimum atomic E-state index is -1.25. The smallest absolute Gasteiger partial charge is 0.183 e. The van der Waals surface area contributed by atoms with E-state index in [1.54, 1.807) is 0 Å². The van der Waals surface area contributed by atoms with Gasteiger partial charge in [0.15, 0.2) is 11.6 Å². The van der Waals surface area contributed by atoms with Gasteiger partial charge in [0.2, 0.25) is 0 Å². The van der Waals surface area contributed by atoms with Crippen molar-refractivity contribution in [2.45, 2.75) is 0 Å². The van der Waals surface area contributed by atoms with Crippen LogP contribution in [0.2, 0.25) is 10.0 Å². The first kappa shape index (κ1) is 10.3. The van der Waals surface area contributed by atoms with Crippen molar-refractivity contribution in [3.05, 3.63) is 33.3 Å². The fraction of sp³-hybridized carbons (Fsp3) is 0.100. The summed E-state index contributed by atoms with van der Waals surface area (Å²) in [5.74, 6) is -2.34. The van der Waals surface area contributed by atoms with Crippen molar-refractivity contribution in [1.29, 1.82) is 0 Å². The van der Waals surface area contributed by atoms with E-state index in [4.69, 9.17) is 23.2 Å². The molecule has 1 aliphatic rings. The van der Waals surface area contributed by atoms with E-state index >= 15 is 0 Å². The van der Waals surface area contributed by atoms with E-state index < -0.39 is 17.5 Å². The van der Waals surface area contributed by atoms with Crippen LogP contribution in [0.25, 0.3) is 0 Å². The number of hydrogen-bond acceptors (Lipinski definition) is 3. The van der Waals surface area contributed by atoms with Crippen LogP contribution in [0.4, 0.5) is 0 Å². The molecule has 0 aromatic heterocycles. The molecule has 1 aromatic rings. The Kier molecular flexibility index (Phi) is 2.37. The van der Waals surface area contributed by atoms with Crippen molar-refractivity contribution in [2.75, 3.05) is 0 Å². The number of carbonyl (C=O) groups is 3. The molecule has 0 spiro atoms. The lowest BCUT2D eigenvalue weighted by atomic mass is 10.1. The minimum absolute atomic E-state index is 0.100. The average Bonchev–Trinajstić information content (AvgIpc) is 2.39. The first-order valence-corrected chi connectivity index (χ1v) is 4.84. The van der Waals surface area contributed by atoms with Crippen LogP contribution in [0, 0.1) is 5.92 Å². The molecule has 0 saturated heterocycles. The number of Topliss-reactive ketones (excluding diaryl/α,β-unsaturated/α-hetero) is 2. The zero-order chi connectivity index (χ0) is 11.2. The van der Waals surface area contributed by atoms with Gasteiger partial charge in [-0.25, -0.2) is 0 Å². The molecular weight excluding hydrogens is 239 g/mol. The maximum Gasteiger partial charge on any atom is 0.183 e. The lowest BCUT2D eigenvalue weighted by molar-refractivity contribution is -0.108. The zero-order valence-electron chi connectivity index (χ0n) is 7.29. The fourth-order valence-corrected chi connectivity index (χ4v) is 2.17. The molecule has 2 rings (SSSR count). The molecule has 0 aliphatic heterocycles. The van der Waals surface area contributed by atoms with E-state index in [1.807, 2.05) is 0 Å². The van der Waals surface area contributed by atoms with Gasteiger partial charge in [-0.1, -0.05) is 23.2 Å². The Morgan fingerprint density at radius 1 is 1.13 bits per heavy atom. The molecule has 0 amide bonds. The Labute approximate surface area is 95.0 Å². The van der Waals surface area contributed by atoms with E-state index in [-0.39, 0.29) is 21.2 Å². The van der Waals surface area contributed by atoms with Gasteiger partial charge in [0.1, 0.15) is 12.2 Å². The topological polar surface area (TPSA) is 51.2 Å². The van der Waals surface area contributed by atoms with Crippen molar-refractivity contribution < 1.29 is 14.4 Å². The number of hydrogen-bond donors (Lipinski definition) is 0. The average molecular weight is 243 g/mol. The van der Waals surface area contributed by atoms with Gasteiger partial charge >= 0.3 is 0 Å². The first-order chi connectivity index (χ1) is 7.06. The molecule has 0 radical (unpaired) electrons. The third-order valence-electron chi connectivity index (χ3n) is 2.27. The Bertz CT molecular complexity index is 494. The van der Waals surface area contributed by atoms with E-state index in [1.165, 1.54) is 12.1 Å². The van der Waals surface area contributed by atoms with Gasteiger partial charge in [0.05, 0.1) is 5.02 Å². The van der Waals surface area contributed by atoms with Crippen LogP contribution < -0.4 is 0 Å². The van der Waals surface area contributed by atoms with Crippen LogP contribution in [0.5, 0.6) is 0 Å². The number of aldehydes is 1. The molecular formula is C10H4Cl2O3. The quantitative estimate of drug-likeness (QED) is 0.561. The summed E-state index contributed by atoms with van der Waals surface area (Å²) in [6, 6.07) is 2.73. The monoisotopic (exact) mass is 242 g/mol. The van der Waals surface area contributed by atoms with Gasteiger partial charge in [-0.3, -0.25) is 9.59 Å². The van der Waals surface area contributed by atoms with E-state index in [0.717, 1.165) is 0 Å². The van der Waals surface area contributed by atoms with Crippen LogP contribution in [0.1, 0.15) is 20.7 Å². The highest BCUT2D eigenvalue weighted by molar-refractivity contribution is 6.42. The molecule has 1 aromatic carbocycles. The molecule has 1 atom stereocenters. The van der Waals surface area contributed by atoms with Gasteiger partial charge in [-0.05, 0) is 12.1 Å². The molecule has 3 nitrogen and oxygen atoms in total. The maximum absolute atomic E-state index is 11.6. The number of ketones is 2. The van der Waals surface area contributed by atoms with Crippen molar-refractivity contribution in [3.8, 4) is 0 Å². The van der Waals surface area contributed by atoms with Gasteiger partial charge in [0, 0.05) is 16.1 Å². The first-order valence-electron chi connectivity index (χ1n) is 4.09. The summed E-state index contributed by atoms with van der Waals surface area (Å²) in [6.07, 6.45) is 0.328. The number of fused-ring (bicyclic) bond motifs is 1. The lowest BCUT2D eigenvalue weighted by Gasteiger charge is -1.99. The van der Waals surface area contributed by atoms with E-state index in [2.05, 4.69) is 0 Å². The van der Waals surface area contributed by atoms with Gasteiger partial charge in [-0.2, -0.15) is 0 Å². The van der Waals surface area contributed by atoms with E-state index in [9.17, 15) is 14.4 Å². The normalized spacial score (nSPS) is 19.2. The molecule has 0 heterocycles. The molecule has 0 fully saturated rings. The Morgan fingerprint density at radius 2 is 1.80 bits per heavy atom. The van der Waals surface area contributed by atoms with Crippen molar-refractivity contribution in [2.24, 2.45) is 5.92 Å². The largest absolute Gasteiger partial charge is 0.302 e. The zero-order valence-corrected chi connectivity index (χ0v) is 8.80. The molecule has 0 saturated carbocycles. The lowest BCUT2D eigenvalue weighted by Crippen LogP contribution is -2.16. The predicted molar refractivity (Wildman–Crippen MR) is 54.7 cm³/mol.